The van der Waals surface area contributed by atoms with Crippen molar-refractivity contribution in [2.24, 2.45) is 5.92 Å². The van der Waals surface area contributed by atoms with Gasteiger partial charge in [-0.15, -0.1) is 0 Å². The molecular formula is C9H13F3O2. The molecule has 0 saturated carbocycles. The molecule has 2 nitrogen and oxygen atoms in total. The number of carbonyl (C=O) groups is 1. The Morgan fingerprint density at radius 1 is 1.43 bits per heavy atom. The lowest BCUT2D eigenvalue weighted by molar-refractivity contribution is -0.125. The number of aliphatic hydroxyl groups is 1. The van der Waals surface area contributed by atoms with E-state index in [4.69, 9.17) is 5.11 Å². The van der Waals surface area contributed by atoms with Crippen molar-refractivity contribution in [2.75, 3.05) is 0 Å². The smallest absolute Gasteiger partial charge is 0.448 e. The molecule has 0 bridgehead atoms. The summed E-state index contributed by atoms with van der Waals surface area (Å²) in [7, 11) is 0. The number of ketones is 1. The summed E-state index contributed by atoms with van der Waals surface area (Å²) in [6.45, 7) is 3.72. The Bertz CT molecular complexity index is 229. The van der Waals surface area contributed by atoms with Crippen LogP contribution < -0.4 is 0 Å². The summed E-state index contributed by atoms with van der Waals surface area (Å²) >= 11 is 0. The van der Waals surface area contributed by atoms with E-state index in [0.717, 1.165) is 0 Å². The van der Waals surface area contributed by atoms with Crippen LogP contribution >= 0.6 is 0 Å². The van der Waals surface area contributed by atoms with Crippen LogP contribution in [0.15, 0.2) is 11.8 Å². The van der Waals surface area contributed by atoms with Gasteiger partial charge in [0.25, 0.3) is 0 Å². The molecule has 0 aromatic carbocycles. The summed E-state index contributed by atoms with van der Waals surface area (Å²) in [5.74, 6) is -2.28. The van der Waals surface area contributed by atoms with Gasteiger partial charge in [0.1, 0.15) is 0 Å². The number of alkyl halides is 3. The van der Waals surface area contributed by atoms with Gasteiger partial charge in [-0.2, -0.15) is 13.2 Å². The van der Waals surface area contributed by atoms with E-state index in [1.807, 2.05) is 13.8 Å². The highest BCUT2D eigenvalue weighted by Crippen LogP contribution is 2.23. The minimum Gasteiger partial charge on any atom is -0.504 e. The minimum atomic E-state index is -4.83. The Kier molecular flexibility index (Phi) is 4.67. The lowest BCUT2D eigenvalue weighted by atomic mass is 10.1. The highest BCUT2D eigenvalue weighted by Gasteiger charge is 2.34. The highest BCUT2D eigenvalue weighted by atomic mass is 19.4. The molecule has 0 aliphatic heterocycles. The molecule has 0 saturated heterocycles. The molecule has 0 unspecified atom stereocenters. The lowest BCUT2D eigenvalue weighted by Crippen LogP contribution is -2.13. The first-order chi connectivity index (χ1) is 6.23. The van der Waals surface area contributed by atoms with E-state index < -0.39 is 17.7 Å². The average Bonchev–Trinajstić information content (AvgIpc) is 1.99. The van der Waals surface area contributed by atoms with Crippen LogP contribution in [0.5, 0.6) is 0 Å². The van der Waals surface area contributed by atoms with Crippen LogP contribution in [0.1, 0.15) is 26.7 Å². The van der Waals surface area contributed by atoms with E-state index >= 15 is 0 Å². The molecule has 0 rings (SSSR count). The molecule has 0 aromatic rings. The summed E-state index contributed by atoms with van der Waals surface area (Å²) in [6, 6.07) is 0. The maximum absolute atomic E-state index is 11.7. The van der Waals surface area contributed by atoms with E-state index in [9.17, 15) is 18.0 Å². The normalized spacial score (nSPS) is 13.4. The van der Waals surface area contributed by atoms with Crippen molar-refractivity contribution in [3.8, 4) is 0 Å². The maximum Gasteiger partial charge on any atom is 0.448 e. The molecule has 82 valence electrons. The summed E-state index contributed by atoms with van der Waals surface area (Å²) in [6.07, 6.45) is -4.05. The molecule has 0 aromatic heterocycles. The maximum atomic E-state index is 11.7. The third-order valence-electron chi connectivity index (χ3n) is 1.56. The van der Waals surface area contributed by atoms with Gasteiger partial charge in [0, 0.05) is 12.5 Å². The van der Waals surface area contributed by atoms with Gasteiger partial charge in [-0.25, -0.2) is 0 Å². The SMILES string of the molecule is CC(C)CCC(=O)C=C(O)C(F)(F)F. The van der Waals surface area contributed by atoms with E-state index in [0.29, 0.717) is 6.42 Å². The molecular weight excluding hydrogens is 197 g/mol. The second-order valence-corrected chi connectivity index (χ2v) is 3.43. The second-order valence-electron chi connectivity index (χ2n) is 3.43. The molecule has 0 amide bonds. The number of halogens is 3. The first-order valence-corrected chi connectivity index (χ1v) is 4.24. The molecule has 14 heavy (non-hydrogen) atoms. The van der Waals surface area contributed by atoms with Gasteiger partial charge in [-0.05, 0) is 12.3 Å². The van der Waals surface area contributed by atoms with Gasteiger partial charge in [0.15, 0.2) is 5.78 Å². The van der Waals surface area contributed by atoms with Crippen LogP contribution in [0, 0.1) is 5.92 Å². The van der Waals surface area contributed by atoms with Crippen LogP contribution in [0.25, 0.3) is 0 Å². The van der Waals surface area contributed by atoms with Crippen molar-refractivity contribution in [3.63, 3.8) is 0 Å². The standard InChI is InChI=1S/C9H13F3O2/c1-6(2)3-4-7(13)5-8(14)9(10,11)12/h5-6,14H,3-4H2,1-2H3. The number of aliphatic hydroxyl groups excluding tert-OH is 1. The van der Waals surface area contributed by atoms with Crippen LogP contribution in [0.2, 0.25) is 0 Å². The molecule has 0 atom stereocenters. The van der Waals surface area contributed by atoms with Gasteiger partial charge in [-0.3, -0.25) is 4.79 Å². The third kappa shape index (κ3) is 5.61. The highest BCUT2D eigenvalue weighted by molar-refractivity contribution is 5.90. The second kappa shape index (κ2) is 5.02. The van der Waals surface area contributed by atoms with E-state index in [1.54, 1.807) is 0 Å². The Morgan fingerprint density at radius 3 is 2.29 bits per heavy atom. The van der Waals surface area contributed by atoms with Crippen LogP contribution in [0.4, 0.5) is 13.2 Å². The van der Waals surface area contributed by atoms with E-state index in [1.165, 1.54) is 0 Å². The molecule has 0 aliphatic carbocycles. The Labute approximate surface area is 80.4 Å². The summed E-state index contributed by atoms with van der Waals surface area (Å²) in [4.78, 5) is 10.9. The Morgan fingerprint density at radius 2 is 1.93 bits per heavy atom. The zero-order valence-electron chi connectivity index (χ0n) is 8.06. The average molecular weight is 210 g/mol. The van der Waals surface area contributed by atoms with Crippen LogP contribution in [0.3, 0.4) is 0 Å². The van der Waals surface area contributed by atoms with E-state index in [2.05, 4.69) is 0 Å². The minimum absolute atomic E-state index is 0.0256. The van der Waals surface area contributed by atoms with Crippen molar-refractivity contribution < 1.29 is 23.1 Å². The summed E-state index contributed by atoms with van der Waals surface area (Å²) in [5.41, 5.74) is 0. The number of allylic oxidation sites excluding steroid dienone is 2. The number of hydrogen-bond donors (Lipinski definition) is 1. The number of hydrogen-bond acceptors (Lipinski definition) is 2. The first kappa shape index (κ1) is 13.0. The van der Waals surface area contributed by atoms with Gasteiger partial charge in [0.2, 0.25) is 5.76 Å². The predicted octanol–water partition coefficient (Wildman–Crippen LogP) is 3.00. The van der Waals surface area contributed by atoms with E-state index in [-0.39, 0.29) is 18.4 Å². The molecule has 0 radical (unpaired) electrons. The molecule has 0 heterocycles. The fourth-order valence-electron chi connectivity index (χ4n) is 0.737. The van der Waals surface area contributed by atoms with Crippen LogP contribution in [-0.4, -0.2) is 17.1 Å². The fourth-order valence-corrected chi connectivity index (χ4v) is 0.737. The Balaban J connectivity index is 4.17. The summed E-state index contributed by atoms with van der Waals surface area (Å²) in [5, 5.41) is 8.44. The number of rotatable bonds is 4. The van der Waals surface area contributed by atoms with Crippen molar-refractivity contribution in [1.82, 2.24) is 0 Å². The van der Waals surface area contributed by atoms with Gasteiger partial charge < -0.3 is 5.11 Å². The van der Waals surface area contributed by atoms with Crippen molar-refractivity contribution in [2.45, 2.75) is 32.9 Å². The van der Waals surface area contributed by atoms with Crippen molar-refractivity contribution >= 4 is 5.78 Å². The van der Waals surface area contributed by atoms with Crippen molar-refractivity contribution in [1.29, 1.82) is 0 Å². The van der Waals surface area contributed by atoms with Crippen molar-refractivity contribution in [3.05, 3.63) is 11.8 Å². The molecule has 1 N–H and O–H groups in total. The zero-order chi connectivity index (χ0) is 11.4. The third-order valence-corrected chi connectivity index (χ3v) is 1.56. The van der Waals surface area contributed by atoms with Gasteiger partial charge >= 0.3 is 6.18 Å². The quantitative estimate of drug-likeness (QED) is 0.572. The predicted molar refractivity (Wildman–Crippen MR) is 45.8 cm³/mol. The molecule has 0 fully saturated rings. The summed E-state index contributed by atoms with van der Waals surface area (Å²) < 4.78 is 35.2. The lowest BCUT2D eigenvalue weighted by Gasteiger charge is -2.04. The fraction of sp³-hybridized carbons (Fsp3) is 0.667. The first-order valence-electron chi connectivity index (χ1n) is 4.24. The monoisotopic (exact) mass is 210 g/mol. The molecule has 0 spiro atoms. The number of carbonyl (C=O) groups excluding carboxylic acids is 1. The molecule has 0 aliphatic rings. The molecule has 5 heteroatoms. The topological polar surface area (TPSA) is 37.3 Å². The Hall–Kier alpha value is -1.00. The van der Waals surface area contributed by atoms with Gasteiger partial charge in [-0.1, -0.05) is 13.8 Å². The zero-order valence-corrected chi connectivity index (χ0v) is 8.06. The largest absolute Gasteiger partial charge is 0.504 e. The van der Waals surface area contributed by atoms with Gasteiger partial charge in [0.05, 0.1) is 0 Å². The van der Waals surface area contributed by atoms with Crippen LogP contribution in [-0.2, 0) is 4.79 Å².